The van der Waals surface area contributed by atoms with Crippen LogP contribution in [0.4, 0.5) is 5.82 Å². The van der Waals surface area contributed by atoms with Gasteiger partial charge in [0.1, 0.15) is 5.82 Å². The number of nitrogens with one attached hydrogen (secondary N) is 1. The number of pyridine rings is 1. The van der Waals surface area contributed by atoms with E-state index in [2.05, 4.69) is 38.4 Å². The Balaban J connectivity index is 2.02. The molecule has 1 aromatic heterocycles. The quantitative estimate of drug-likeness (QED) is 0.849. The molecule has 0 aliphatic heterocycles. The van der Waals surface area contributed by atoms with E-state index < -0.39 is 0 Å². The highest BCUT2D eigenvalue weighted by atomic mass is 79.9. The van der Waals surface area contributed by atoms with Crippen molar-refractivity contribution in [3.63, 3.8) is 0 Å². The monoisotopic (exact) mass is 294 g/mol. The van der Waals surface area contributed by atoms with Gasteiger partial charge in [0.25, 0.3) is 0 Å². The summed E-state index contributed by atoms with van der Waals surface area (Å²) in [6.07, 6.45) is 6.96. The van der Waals surface area contributed by atoms with Gasteiger partial charge in [-0.15, -0.1) is 0 Å². The van der Waals surface area contributed by atoms with Crippen LogP contribution in [-0.4, -0.2) is 10.9 Å². The largest absolute Gasteiger partial charge is 0.310 e. The third-order valence-electron chi connectivity index (χ3n) is 2.91. The molecule has 0 spiro atoms. The first kappa shape index (κ1) is 12.3. The topological polar surface area (TPSA) is 42.0 Å². The number of hydrogen-bond acceptors (Lipinski definition) is 2. The number of anilines is 1. The van der Waals surface area contributed by atoms with Crippen LogP contribution >= 0.6 is 15.9 Å². The highest BCUT2D eigenvalue weighted by Gasteiger charge is 2.18. The first-order valence-corrected chi connectivity index (χ1v) is 6.55. The lowest BCUT2D eigenvalue weighted by Gasteiger charge is -2.17. The van der Waals surface area contributed by atoms with Crippen LogP contribution in [0.3, 0.4) is 0 Å². The van der Waals surface area contributed by atoms with Gasteiger partial charge in [0.15, 0.2) is 0 Å². The Morgan fingerprint density at radius 3 is 2.94 bits per heavy atom. The lowest BCUT2D eigenvalue weighted by atomic mass is 9.94. The van der Waals surface area contributed by atoms with E-state index in [-0.39, 0.29) is 11.8 Å². The molecule has 0 unspecified atom stereocenters. The molecule has 1 N–H and O–H groups in total. The van der Waals surface area contributed by atoms with Gasteiger partial charge in [0.2, 0.25) is 5.91 Å². The van der Waals surface area contributed by atoms with Crippen molar-refractivity contribution in [1.82, 2.24) is 4.98 Å². The fraction of sp³-hybridized carbons (Fsp3) is 0.385. The van der Waals surface area contributed by atoms with E-state index in [1.165, 1.54) is 0 Å². The number of hydrogen-bond donors (Lipinski definition) is 1. The molecule has 0 saturated carbocycles. The van der Waals surface area contributed by atoms with Gasteiger partial charge in [0, 0.05) is 10.4 Å². The van der Waals surface area contributed by atoms with Crippen LogP contribution in [0.5, 0.6) is 0 Å². The number of aryl methyl sites for hydroxylation is 1. The summed E-state index contributed by atoms with van der Waals surface area (Å²) < 4.78 is 0.955. The molecule has 1 aliphatic carbocycles. The van der Waals surface area contributed by atoms with Gasteiger partial charge in [-0.3, -0.25) is 4.79 Å². The fourth-order valence-electron chi connectivity index (χ4n) is 1.87. The minimum Gasteiger partial charge on any atom is -0.310 e. The highest BCUT2D eigenvalue weighted by Crippen LogP contribution is 2.21. The zero-order valence-electron chi connectivity index (χ0n) is 9.74. The molecule has 2 rings (SSSR count). The third-order valence-corrected chi connectivity index (χ3v) is 3.75. The van der Waals surface area contributed by atoms with E-state index in [0.29, 0.717) is 5.82 Å². The minimum atomic E-state index is 0.0728. The zero-order valence-corrected chi connectivity index (χ0v) is 11.3. The molecule has 0 fully saturated rings. The van der Waals surface area contributed by atoms with Crippen molar-refractivity contribution in [3.05, 3.63) is 34.5 Å². The van der Waals surface area contributed by atoms with Crippen LogP contribution in [0.2, 0.25) is 0 Å². The molecule has 0 aromatic carbocycles. The smallest absolute Gasteiger partial charge is 0.228 e. The Labute approximate surface area is 109 Å². The Kier molecular flexibility index (Phi) is 3.94. The Hall–Kier alpha value is -1.16. The maximum Gasteiger partial charge on any atom is 0.228 e. The molecule has 1 heterocycles. The summed E-state index contributed by atoms with van der Waals surface area (Å²) in [5.74, 6) is 0.791. The average Bonchev–Trinajstić information content (AvgIpc) is 2.35. The molecule has 1 amide bonds. The number of carbonyl (C=O) groups is 1. The highest BCUT2D eigenvalue weighted by molar-refractivity contribution is 9.10. The summed E-state index contributed by atoms with van der Waals surface area (Å²) >= 11 is 3.39. The van der Waals surface area contributed by atoms with E-state index in [9.17, 15) is 4.79 Å². The average molecular weight is 295 g/mol. The molecule has 4 heteroatoms. The lowest BCUT2D eigenvalue weighted by molar-refractivity contribution is -0.120. The Bertz CT molecular complexity index is 457. The summed E-state index contributed by atoms with van der Waals surface area (Å²) in [7, 11) is 0. The van der Waals surface area contributed by atoms with E-state index in [4.69, 9.17) is 0 Å². The Morgan fingerprint density at radius 2 is 2.29 bits per heavy atom. The van der Waals surface area contributed by atoms with E-state index in [1.54, 1.807) is 0 Å². The number of amides is 1. The van der Waals surface area contributed by atoms with Crippen molar-refractivity contribution >= 4 is 27.7 Å². The Morgan fingerprint density at radius 1 is 1.47 bits per heavy atom. The molecule has 0 bridgehead atoms. The molecule has 0 saturated heterocycles. The van der Waals surface area contributed by atoms with Crippen LogP contribution < -0.4 is 5.32 Å². The second-order valence-corrected chi connectivity index (χ2v) is 5.09. The van der Waals surface area contributed by atoms with Gasteiger partial charge in [0.05, 0.1) is 5.69 Å². The maximum absolute atomic E-state index is 12.0. The molecule has 17 heavy (non-hydrogen) atoms. The summed E-state index contributed by atoms with van der Waals surface area (Å²) in [5.41, 5.74) is 0.881. The molecule has 3 nitrogen and oxygen atoms in total. The number of nitrogens with zero attached hydrogens (tertiary/aromatic N) is 1. The lowest BCUT2D eigenvalue weighted by Crippen LogP contribution is -2.24. The molecule has 1 aliphatic rings. The van der Waals surface area contributed by atoms with Crippen molar-refractivity contribution in [2.24, 2.45) is 5.92 Å². The number of aromatic nitrogens is 1. The first-order valence-electron chi connectivity index (χ1n) is 5.76. The van der Waals surface area contributed by atoms with E-state index >= 15 is 0 Å². The summed E-state index contributed by atoms with van der Waals surface area (Å²) in [4.78, 5) is 16.3. The summed E-state index contributed by atoms with van der Waals surface area (Å²) in [5, 5.41) is 2.87. The second-order valence-electron chi connectivity index (χ2n) is 4.23. The maximum atomic E-state index is 12.0. The van der Waals surface area contributed by atoms with Crippen LogP contribution in [0.1, 0.15) is 25.0 Å². The van der Waals surface area contributed by atoms with Gasteiger partial charge in [-0.2, -0.15) is 0 Å². The van der Waals surface area contributed by atoms with Crippen LogP contribution in [0, 0.1) is 12.8 Å². The van der Waals surface area contributed by atoms with Gasteiger partial charge in [-0.25, -0.2) is 4.98 Å². The van der Waals surface area contributed by atoms with Gasteiger partial charge in [-0.1, -0.05) is 12.2 Å². The van der Waals surface area contributed by atoms with Crippen molar-refractivity contribution in [2.45, 2.75) is 26.2 Å². The van der Waals surface area contributed by atoms with Gasteiger partial charge in [-0.05, 0) is 54.2 Å². The molecular weight excluding hydrogens is 280 g/mol. The first-order chi connectivity index (χ1) is 8.16. The third kappa shape index (κ3) is 3.16. The normalized spacial score (nSPS) is 19.1. The van der Waals surface area contributed by atoms with Crippen LogP contribution in [0.15, 0.2) is 28.8 Å². The van der Waals surface area contributed by atoms with E-state index in [1.807, 2.05) is 19.1 Å². The van der Waals surface area contributed by atoms with Gasteiger partial charge >= 0.3 is 0 Å². The molecule has 1 aromatic rings. The number of halogens is 1. The molecule has 0 radical (unpaired) electrons. The SMILES string of the molecule is Cc1nc(NC(=O)[C@@H]2CC=CCC2)ccc1Br. The fourth-order valence-corrected chi connectivity index (χ4v) is 2.09. The van der Waals surface area contributed by atoms with Crippen molar-refractivity contribution in [1.29, 1.82) is 0 Å². The van der Waals surface area contributed by atoms with Crippen molar-refractivity contribution < 1.29 is 4.79 Å². The number of carbonyl (C=O) groups excluding carboxylic acids is 1. The molecule has 90 valence electrons. The number of allylic oxidation sites excluding steroid dienone is 2. The van der Waals surface area contributed by atoms with Crippen LogP contribution in [-0.2, 0) is 4.79 Å². The minimum absolute atomic E-state index is 0.0728. The predicted octanol–water partition coefficient (Wildman–Crippen LogP) is 3.45. The van der Waals surface area contributed by atoms with Crippen LogP contribution in [0.25, 0.3) is 0 Å². The second kappa shape index (κ2) is 5.45. The van der Waals surface area contributed by atoms with Gasteiger partial charge < -0.3 is 5.32 Å². The standard InChI is InChI=1S/C13H15BrN2O/c1-9-11(14)7-8-12(15-9)16-13(17)10-5-3-2-4-6-10/h2-3,7-8,10H,4-6H2,1H3,(H,15,16,17)/t10-/m1/s1. The summed E-state index contributed by atoms with van der Waals surface area (Å²) in [6, 6.07) is 3.71. The zero-order chi connectivity index (χ0) is 12.3. The number of rotatable bonds is 2. The van der Waals surface area contributed by atoms with Crippen molar-refractivity contribution in [3.8, 4) is 0 Å². The van der Waals surface area contributed by atoms with E-state index in [0.717, 1.165) is 29.4 Å². The predicted molar refractivity (Wildman–Crippen MR) is 71.8 cm³/mol. The van der Waals surface area contributed by atoms with Crippen molar-refractivity contribution in [2.75, 3.05) is 5.32 Å². The summed E-state index contributed by atoms with van der Waals surface area (Å²) in [6.45, 7) is 1.91. The molecule has 1 atom stereocenters. The molecular formula is C13H15BrN2O.